The van der Waals surface area contributed by atoms with E-state index in [0.717, 1.165) is 19.5 Å². The highest BCUT2D eigenvalue weighted by Crippen LogP contribution is 2.17. The largest absolute Gasteiger partial charge is 0.365 e. The van der Waals surface area contributed by atoms with Crippen molar-refractivity contribution in [2.75, 3.05) is 25.0 Å². The minimum absolute atomic E-state index is 0.0191. The fraction of sp³-hybridized carbons (Fsp3) is 0.500. The fourth-order valence-electron chi connectivity index (χ4n) is 2.24. The molecule has 0 saturated carbocycles. The summed E-state index contributed by atoms with van der Waals surface area (Å²) >= 11 is 0. The molecular weight excluding hydrogens is 240 g/mol. The van der Waals surface area contributed by atoms with E-state index in [1.54, 1.807) is 12.3 Å². The normalized spacial score (nSPS) is 19.0. The van der Waals surface area contributed by atoms with E-state index >= 15 is 0 Å². The number of piperidine rings is 1. The van der Waals surface area contributed by atoms with Crippen molar-refractivity contribution in [3.63, 3.8) is 0 Å². The number of amides is 1. The highest BCUT2D eigenvalue weighted by atomic mass is 16.2. The summed E-state index contributed by atoms with van der Waals surface area (Å²) in [7, 11) is 0. The second-order valence-electron chi connectivity index (χ2n) is 4.96. The Balaban J connectivity index is 2.00. The highest BCUT2D eigenvalue weighted by Gasteiger charge is 2.22. The number of hydrogen-bond acceptors (Lipinski definition) is 4. The van der Waals surface area contributed by atoms with Gasteiger partial charge in [0, 0.05) is 19.6 Å². The minimum atomic E-state index is -0.0191. The van der Waals surface area contributed by atoms with Crippen LogP contribution >= 0.6 is 0 Å². The summed E-state index contributed by atoms with van der Waals surface area (Å²) in [6.07, 6.45) is 7.13. The Kier molecular flexibility index (Phi) is 4.49. The van der Waals surface area contributed by atoms with Gasteiger partial charge >= 0.3 is 0 Å². The van der Waals surface area contributed by atoms with Crippen molar-refractivity contribution in [1.82, 2.24) is 14.9 Å². The Morgan fingerprint density at radius 2 is 2.42 bits per heavy atom. The zero-order valence-corrected chi connectivity index (χ0v) is 11.3. The van der Waals surface area contributed by atoms with E-state index in [1.165, 1.54) is 12.6 Å². The third-order valence-corrected chi connectivity index (χ3v) is 3.24. The monoisotopic (exact) mass is 260 g/mol. The second-order valence-corrected chi connectivity index (χ2v) is 4.96. The Morgan fingerprint density at radius 1 is 1.58 bits per heavy atom. The van der Waals surface area contributed by atoms with Crippen molar-refractivity contribution < 1.29 is 4.79 Å². The molecule has 1 unspecified atom stereocenters. The number of nitrogens with one attached hydrogen (secondary N) is 1. The molecular formula is C14H20N4O. The first-order valence-corrected chi connectivity index (χ1v) is 6.67. The predicted octanol–water partition coefficient (Wildman–Crippen LogP) is 1.95. The van der Waals surface area contributed by atoms with E-state index in [-0.39, 0.29) is 5.91 Å². The van der Waals surface area contributed by atoms with E-state index in [0.29, 0.717) is 24.0 Å². The summed E-state index contributed by atoms with van der Waals surface area (Å²) in [4.78, 5) is 22.5. The van der Waals surface area contributed by atoms with Crippen LogP contribution in [0.2, 0.25) is 0 Å². The second kappa shape index (κ2) is 6.31. The lowest BCUT2D eigenvalue weighted by Gasteiger charge is -2.30. The van der Waals surface area contributed by atoms with Crippen LogP contribution < -0.4 is 5.32 Å². The van der Waals surface area contributed by atoms with Crippen LogP contribution in [0.5, 0.6) is 0 Å². The average molecular weight is 260 g/mol. The average Bonchev–Trinajstić information content (AvgIpc) is 2.45. The Bertz CT molecular complexity index is 443. The van der Waals surface area contributed by atoms with Gasteiger partial charge in [-0.1, -0.05) is 13.0 Å². The smallest absolute Gasteiger partial charge is 0.274 e. The van der Waals surface area contributed by atoms with Gasteiger partial charge in [0.05, 0.1) is 12.4 Å². The summed E-state index contributed by atoms with van der Waals surface area (Å²) in [6.45, 7) is 8.06. The molecule has 1 amide bonds. The quantitative estimate of drug-likeness (QED) is 0.841. The zero-order valence-electron chi connectivity index (χ0n) is 11.3. The number of carbonyl (C=O) groups excluding carboxylic acids is 1. The van der Waals surface area contributed by atoms with Crippen molar-refractivity contribution >= 4 is 11.7 Å². The van der Waals surface area contributed by atoms with E-state index in [4.69, 9.17) is 0 Å². The number of hydrogen-bond donors (Lipinski definition) is 1. The van der Waals surface area contributed by atoms with Crippen molar-refractivity contribution in [2.24, 2.45) is 5.92 Å². The van der Waals surface area contributed by atoms with Crippen LogP contribution in [0.25, 0.3) is 0 Å². The molecule has 0 bridgehead atoms. The molecule has 2 rings (SSSR count). The molecule has 1 aliphatic heterocycles. The number of nitrogens with zero attached hydrogens (tertiary/aromatic N) is 3. The lowest BCUT2D eigenvalue weighted by atomic mass is 10.0. The van der Waals surface area contributed by atoms with Gasteiger partial charge in [-0.15, -0.1) is 6.58 Å². The standard InChI is InChI=1S/C14H20N4O/c1-3-6-15-13-9-16-12(8-17-13)14(19)18-7-4-5-11(2)10-18/h3,8-9,11H,1,4-7,10H2,2H3,(H,15,17). The van der Waals surface area contributed by atoms with E-state index < -0.39 is 0 Å². The maximum atomic E-state index is 12.3. The van der Waals surface area contributed by atoms with E-state index in [9.17, 15) is 4.79 Å². The minimum Gasteiger partial charge on any atom is -0.365 e. The van der Waals surface area contributed by atoms with Crippen molar-refractivity contribution in [1.29, 1.82) is 0 Å². The first kappa shape index (κ1) is 13.5. The fourth-order valence-corrected chi connectivity index (χ4v) is 2.24. The van der Waals surface area contributed by atoms with Crippen LogP contribution in [-0.2, 0) is 0 Å². The first-order valence-electron chi connectivity index (χ1n) is 6.67. The summed E-state index contributed by atoms with van der Waals surface area (Å²) in [5.74, 6) is 1.21. The molecule has 5 heteroatoms. The molecule has 0 spiro atoms. The van der Waals surface area contributed by atoms with Crippen LogP contribution in [-0.4, -0.2) is 40.4 Å². The molecule has 1 fully saturated rings. The van der Waals surface area contributed by atoms with E-state index in [1.807, 2.05) is 4.90 Å². The molecule has 19 heavy (non-hydrogen) atoms. The Morgan fingerprint density at radius 3 is 3.05 bits per heavy atom. The number of rotatable bonds is 4. The van der Waals surface area contributed by atoms with Crippen LogP contribution in [0.4, 0.5) is 5.82 Å². The SMILES string of the molecule is C=CCNc1cnc(C(=O)N2CCCC(C)C2)cn1. The number of aromatic nitrogens is 2. The van der Waals surface area contributed by atoms with Gasteiger partial charge in [0.1, 0.15) is 11.5 Å². The lowest BCUT2D eigenvalue weighted by Crippen LogP contribution is -2.39. The van der Waals surface area contributed by atoms with Gasteiger partial charge < -0.3 is 10.2 Å². The van der Waals surface area contributed by atoms with Crippen LogP contribution in [0.15, 0.2) is 25.0 Å². The molecule has 1 N–H and O–H groups in total. The molecule has 0 aromatic carbocycles. The molecule has 0 aliphatic carbocycles. The number of likely N-dealkylation sites (tertiary alicyclic amines) is 1. The predicted molar refractivity (Wildman–Crippen MR) is 75.0 cm³/mol. The molecule has 0 radical (unpaired) electrons. The third kappa shape index (κ3) is 3.53. The first-order chi connectivity index (χ1) is 9.20. The summed E-state index contributed by atoms with van der Waals surface area (Å²) in [5.41, 5.74) is 0.415. The van der Waals surface area contributed by atoms with Crippen molar-refractivity contribution in [2.45, 2.75) is 19.8 Å². The Hall–Kier alpha value is -1.91. The molecule has 1 saturated heterocycles. The van der Waals surface area contributed by atoms with Crippen molar-refractivity contribution in [3.8, 4) is 0 Å². The number of carbonyl (C=O) groups is 1. The maximum Gasteiger partial charge on any atom is 0.274 e. The van der Waals surface area contributed by atoms with Gasteiger partial charge in [-0.05, 0) is 18.8 Å². The van der Waals surface area contributed by atoms with Gasteiger partial charge in [0.2, 0.25) is 0 Å². The highest BCUT2D eigenvalue weighted by molar-refractivity contribution is 5.92. The van der Waals surface area contributed by atoms with E-state index in [2.05, 4.69) is 28.8 Å². The van der Waals surface area contributed by atoms with Gasteiger partial charge in [0.25, 0.3) is 5.91 Å². The molecule has 102 valence electrons. The molecule has 1 aromatic heterocycles. The summed E-state index contributed by atoms with van der Waals surface area (Å²) in [6, 6.07) is 0. The van der Waals surface area contributed by atoms with Crippen molar-refractivity contribution in [3.05, 3.63) is 30.7 Å². The van der Waals surface area contributed by atoms with Gasteiger partial charge in [0.15, 0.2) is 0 Å². The molecule has 5 nitrogen and oxygen atoms in total. The Labute approximate surface area is 113 Å². The van der Waals surface area contributed by atoms with Gasteiger partial charge in [-0.3, -0.25) is 4.79 Å². The summed E-state index contributed by atoms with van der Waals surface area (Å²) in [5, 5.41) is 3.03. The topological polar surface area (TPSA) is 58.1 Å². The number of anilines is 1. The molecule has 1 aromatic rings. The molecule has 2 heterocycles. The third-order valence-electron chi connectivity index (χ3n) is 3.24. The van der Waals surface area contributed by atoms with Crippen LogP contribution in [0.1, 0.15) is 30.3 Å². The van der Waals surface area contributed by atoms with Gasteiger partial charge in [-0.2, -0.15) is 0 Å². The van der Waals surface area contributed by atoms with Crippen LogP contribution in [0.3, 0.4) is 0 Å². The molecule has 1 atom stereocenters. The molecule has 1 aliphatic rings. The summed E-state index contributed by atoms with van der Waals surface area (Å²) < 4.78 is 0. The zero-order chi connectivity index (χ0) is 13.7. The lowest BCUT2D eigenvalue weighted by molar-refractivity contribution is 0.0676. The maximum absolute atomic E-state index is 12.3. The van der Waals surface area contributed by atoms with Crippen LogP contribution in [0, 0.1) is 5.92 Å². The van der Waals surface area contributed by atoms with Gasteiger partial charge in [-0.25, -0.2) is 9.97 Å².